The number of morpholine rings is 1. The number of amides is 2. The minimum absolute atomic E-state index is 0.139. The minimum Gasteiger partial charge on any atom is -0.385 e. The number of nitrogens with one attached hydrogen (secondary N) is 2. The molecule has 2 amide bonds. The Bertz CT molecular complexity index is 1430. The maximum absolute atomic E-state index is 14.0. The minimum atomic E-state index is -4.70. The van der Waals surface area contributed by atoms with E-state index >= 15 is 0 Å². The van der Waals surface area contributed by atoms with Crippen LogP contribution in [0.4, 0.5) is 33.7 Å². The number of fused-ring (bicyclic) bond motifs is 1. The van der Waals surface area contributed by atoms with Crippen molar-refractivity contribution in [2.24, 2.45) is 15.8 Å². The van der Waals surface area contributed by atoms with Crippen molar-refractivity contribution in [3.63, 3.8) is 0 Å². The molecular weight excluding hydrogens is 546 g/mol. The van der Waals surface area contributed by atoms with Crippen LogP contribution in [-0.4, -0.2) is 72.8 Å². The maximum Gasteiger partial charge on any atom is 0.416 e. The second-order valence-electron chi connectivity index (χ2n) is 9.75. The lowest BCUT2D eigenvalue weighted by molar-refractivity contribution is -0.137. The average molecular weight is 574 g/mol. The third-order valence-corrected chi connectivity index (χ3v) is 7.09. The van der Waals surface area contributed by atoms with Crippen LogP contribution in [0.5, 0.6) is 0 Å². The quantitative estimate of drug-likeness (QED) is 0.453. The van der Waals surface area contributed by atoms with Crippen LogP contribution >= 0.6 is 0 Å². The van der Waals surface area contributed by atoms with Gasteiger partial charge in [-0.3, -0.25) is 14.7 Å². The number of nitrogens with zero attached hydrogens (tertiary/aromatic N) is 4. The summed E-state index contributed by atoms with van der Waals surface area (Å²) in [5, 5.41) is 10.8. The van der Waals surface area contributed by atoms with E-state index in [-0.39, 0.29) is 5.78 Å². The molecule has 0 radical (unpaired) electrons. The third-order valence-electron chi connectivity index (χ3n) is 7.09. The number of Topliss-reactive ketones (excluding diaryl/α,β-unsaturated/α-hetero) is 1. The normalized spacial score (nSPS) is 21.0. The number of ketones is 1. The molecule has 0 saturated carbocycles. The Morgan fingerprint density at radius 3 is 2.46 bits per heavy atom. The van der Waals surface area contributed by atoms with Gasteiger partial charge in [0.25, 0.3) is 0 Å². The summed E-state index contributed by atoms with van der Waals surface area (Å²) in [5.41, 5.74) is 6.88. The molecule has 5 rings (SSSR count). The number of anilines is 2. The first-order valence-corrected chi connectivity index (χ1v) is 12.8. The number of nitrogens with two attached hydrogens (primary N) is 1. The number of carbonyl (C=O) groups excluding carboxylic acids is 2. The number of hydrogen-bond acceptors (Lipinski definition) is 8. The molecule has 41 heavy (non-hydrogen) atoms. The predicted molar refractivity (Wildman–Crippen MR) is 144 cm³/mol. The fraction of sp³-hybridized carbons (Fsp3) is 0.333. The molecule has 4 N–H and O–H groups in total. The summed E-state index contributed by atoms with van der Waals surface area (Å²) in [6, 6.07) is 6.83. The van der Waals surface area contributed by atoms with Crippen LogP contribution in [0.1, 0.15) is 24.0 Å². The number of benzene rings is 2. The summed E-state index contributed by atoms with van der Waals surface area (Å²) < 4.78 is 58.5. The van der Waals surface area contributed by atoms with E-state index in [4.69, 9.17) is 10.5 Å². The summed E-state index contributed by atoms with van der Waals surface area (Å²) in [6.45, 7) is 4.55. The van der Waals surface area contributed by atoms with Crippen molar-refractivity contribution >= 4 is 35.4 Å². The van der Waals surface area contributed by atoms with Gasteiger partial charge in [-0.2, -0.15) is 18.3 Å². The number of hydrazone groups is 1. The first-order valence-electron chi connectivity index (χ1n) is 12.8. The average Bonchev–Trinajstić information content (AvgIpc) is 3.26. The Morgan fingerprint density at radius 1 is 1.10 bits per heavy atom. The highest BCUT2D eigenvalue weighted by atomic mass is 19.4. The molecule has 2 aromatic rings. The Labute approximate surface area is 232 Å². The fourth-order valence-electron chi connectivity index (χ4n) is 5.19. The van der Waals surface area contributed by atoms with E-state index in [0.717, 1.165) is 5.70 Å². The molecule has 0 spiro atoms. The van der Waals surface area contributed by atoms with Gasteiger partial charge in [0.1, 0.15) is 24.0 Å². The third kappa shape index (κ3) is 5.93. The van der Waals surface area contributed by atoms with Gasteiger partial charge in [-0.1, -0.05) is 12.1 Å². The van der Waals surface area contributed by atoms with Gasteiger partial charge in [0.15, 0.2) is 5.78 Å². The van der Waals surface area contributed by atoms with Crippen molar-refractivity contribution < 1.29 is 31.9 Å². The van der Waals surface area contributed by atoms with Gasteiger partial charge in [-0.15, -0.1) is 0 Å². The molecule has 1 saturated heterocycles. The van der Waals surface area contributed by atoms with Crippen molar-refractivity contribution in [3.05, 3.63) is 70.7 Å². The van der Waals surface area contributed by atoms with Gasteiger partial charge in [-0.05, 0) is 42.8 Å². The zero-order chi connectivity index (χ0) is 29.3. The summed E-state index contributed by atoms with van der Waals surface area (Å²) in [7, 11) is 0. The van der Waals surface area contributed by atoms with Crippen LogP contribution in [-0.2, 0) is 15.7 Å². The van der Waals surface area contributed by atoms with E-state index in [1.807, 2.05) is 0 Å². The van der Waals surface area contributed by atoms with E-state index in [1.54, 1.807) is 29.3 Å². The van der Waals surface area contributed by atoms with Crippen LogP contribution in [0.3, 0.4) is 0 Å². The van der Waals surface area contributed by atoms with Crippen molar-refractivity contribution in [1.82, 2.24) is 9.91 Å². The first-order chi connectivity index (χ1) is 19.5. The standard InChI is InChI=1S/C27H27F4N7O3/c1-15(39)22-21(13-37-8-10-41-11-9-37)38-24(25(32)33-14-34-38)23(22)16-2-5-18(6-3-16)35-26(40)36-20-12-17(27(29,30)31)4-7-19(20)28/h2-7,12,14,23-24H,8-11,13H2,1H3,(H2,32,33,34)(H2,35,36,40). The Morgan fingerprint density at radius 2 is 1.80 bits per heavy atom. The van der Waals surface area contributed by atoms with Crippen LogP contribution in [0.2, 0.25) is 0 Å². The molecule has 2 unspecified atom stereocenters. The molecule has 3 aliphatic rings. The molecule has 10 nitrogen and oxygen atoms in total. The van der Waals surface area contributed by atoms with Gasteiger partial charge >= 0.3 is 12.2 Å². The summed E-state index contributed by atoms with van der Waals surface area (Å²) in [5.74, 6) is -1.35. The van der Waals surface area contributed by atoms with Gasteiger partial charge in [-0.25, -0.2) is 14.2 Å². The zero-order valence-corrected chi connectivity index (χ0v) is 21.9. The maximum atomic E-state index is 14.0. The molecule has 2 atom stereocenters. The number of aliphatic imine (C=N–C) groups is 1. The smallest absolute Gasteiger partial charge is 0.385 e. The number of rotatable bonds is 6. The lowest BCUT2D eigenvalue weighted by atomic mass is 9.84. The predicted octanol–water partition coefficient (Wildman–Crippen LogP) is 3.75. The largest absolute Gasteiger partial charge is 0.416 e. The van der Waals surface area contributed by atoms with E-state index in [9.17, 15) is 27.2 Å². The molecule has 0 bridgehead atoms. The van der Waals surface area contributed by atoms with Crippen molar-refractivity contribution in [2.75, 3.05) is 43.5 Å². The fourth-order valence-corrected chi connectivity index (χ4v) is 5.19. The highest BCUT2D eigenvalue weighted by Gasteiger charge is 2.46. The van der Waals surface area contributed by atoms with Crippen molar-refractivity contribution in [3.8, 4) is 0 Å². The Hall–Kier alpha value is -4.30. The molecule has 1 fully saturated rings. The molecule has 2 aromatic carbocycles. The Balaban J connectivity index is 1.37. The van der Waals surface area contributed by atoms with E-state index in [0.29, 0.717) is 73.7 Å². The van der Waals surface area contributed by atoms with Gasteiger partial charge < -0.3 is 21.1 Å². The molecule has 0 aromatic heterocycles. The monoisotopic (exact) mass is 573 g/mol. The second kappa shape index (κ2) is 11.3. The molecule has 3 aliphatic heterocycles. The second-order valence-corrected chi connectivity index (χ2v) is 9.75. The lowest BCUT2D eigenvalue weighted by Gasteiger charge is -2.32. The van der Waals surface area contributed by atoms with Crippen molar-refractivity contribution in [1.29, 1.82) is 0 Å². The van der Waals surface area contributed by atoms with E-state index < -0.39 is 41.2 Å². The Kier molecular flexibility index (Phi) is 7.78. The van der Waals surface area contributed by atoms with Crippen LogP contribution < -0.4 is 16.4 Å². The highest BCUT2D eigenvalue weighted by Crippen LogP contribution is 2.43. The van der Waals surface area contributed by atoms with Crippen LogP contribution in [0.25, 0.3) is 0 Å². The molecule has 0 aliphatic carbocycles. The summed E-state index contributed by atoms with van der Waals surface area (Å²) >= 11 is 0. The van der Waals surface area contributed by atoms with Gasteiger partial charge in [0.2, 0.25) is 0 Å². The molecule has 3 heterocycles. The number of carbonyl (C=O) groups is 2. The number of amidine groups is 1. The van der Waals surface area contributed by atoms with E-state index in [1.165, 1.54) is 13.3 Å². The van der Waals surface area contributed by atoms with Gasteiger partial charge in [0.05, 0.1) is 30.2 Å². The lowest BCUT2D eigenvalue weighted by Crippen LogP contribution is -2.46. The number of ether oxygens (including phenoxy) is 1. The first kappa shape index (κ1) is 28.2. The zero-order valence-electron chi connectivity index (χ0n) is 21.9. The number of halogens is 4. The highest BCUT2D eigenvalue weighted by molar-refractivity contribution is 6.02. The summed E-state index contributed by atoms with van der Waals surface area (Å²) in [6.07, 6.45) is -3.34. The summed E-state index contributed by atoms with van der Waals surface area (Å²) in [4.78, 5) is 31.8. The number of hydrogen-bond donors (Lipinski definition) is 3. The SMILES string of the molecule is CC(=O)C1=C(CN2CCOCC2)N2N=CN=C(N)C2C1c1ccc(NC(=O)Nc2cc(C(F)(F)F)ccc2F)cc1. The molecule has 14 heteroatoms. The molecular formula is C27H27F4N7O3. The van der Waals surface area contributed by atoms with Crippen molar-refractivity contribution in [2.45, 2.75) is 25.1 Å². The number of urea groups is 1. The van der Waals surface area contributed by atoms with Gasteiger partial charge in [0, 0.05) is 36.8 Å². The van der Waals surface area contributed by atoms with Crippen LogP contribution in [0, 0.1) is 5.82 Å². The number of alkyl halides is 3. The molecule has 216 valence electrons. The van der Waals surface area contributed by atoms with Crippen LogP contribution in [0.15, 0.2) is 63.8 Å². The van der Waals surface area contributed by atoms with E-state index in [2.05, 4.69) is 25.6 Å². The topological polar surface area (TPSA) is 125 Å².